The molecule has 2 unspecified atom stereocenters. The van der Waals surface area contributed by atoms with Crippen molar-refractivity contribution >= 4 is 17.7 Å². The van der Waals surface area contributed by atoms with E-state index in [4.69, 9.17) is 4.74 Å². The molecule has 1 aliphatic rings. The Kier molecular flexibility index (Phi) is 5.96. The van der Waals surface area contributed by atoms with Gasteiger partial charge >= 0.3 is 6.18 Å². The first kappa shape index (κ1) is 19.6. The summed E-state index contributed by atoms with van der Waals surface area (Å²) >= 11 is 1.49. The lowest BCUT2D eigenvalue weighted by atomic mass is 10.1. The third-order valence-electron chi connectivity index (χ3n) is 4.08. The minimum absolute atomic E-state index is 0.00682. The summed E-state index contributed by atoms with van der Waals surface area (Å²) in [4.78, 5) is 13.3. The molecule has 0 saturated heterocycles. The Morgan fingerprint density at radius 3 is 2.59 bits per heavy atom. The second-order valence-corrected chi connectivity index (χ2v) is 7.40. The van der Waals surface area contributed by atoms with E-state index in [9.17, 15) is 23.1 Å². The first-order valence-corrected chi connectivity index (χ1v) is 9.21. The zero-order valence-corrected chi connectivity index (χ0v) is 15.0. The summed E-state index contributed by atoms with van der Waals surface area (Å²) in [6.07, 6.45) is -4.73. The molecule has 0 radical (unpaired) electrons. The van der Waals surface area contributed by atoms with E-state index in [0.29, 0.717) is 6.42 Å². The van der Waals surface area contributed by atoms with E-state index < -0.39 is 17.8 Å². The Hall–Kier alpha value is -2.19. The second kappa shape index (κ2) is 8.22. The molecule has 0 bridgehead atoms. The zero-order chi connectivity index (χ0) is 19.4. The van der Waals surface area contributed by atoms with Crippen LogP contribution in [0.15, 0.2) is 53.4 Å². The van der Waals surface area contributed by atoms with Gasteiger partial charge in [0, 0.05) is 11.4 Å². The zero-order valence-electron chi connectivity index (χ0n) is 14.2. The summed E-state index contributed by atoms with van der Waals surface area (Å²) in [5, 5.41) is 12.4. The monoisotopic (exact) mass is 397 g/mol. The molecule has 3 rings (SSSR count). The number of benzene rings is 2. The van der Waals surface area contributed by atoms with Gasteiger partial charge in [-0.3, -0.25) is 4.79 Å². The molecule has 0 saturated carbocycles. The van der Waals surface area contributed by atoms with Crippen molar-refractivity contribution in [3.8, 4) is 5.75 Å². The Bertz CT molecular complexity index is 771. The number of hydrogen-bond donors (Lipinski definition) is 2. The molecule has 2 aromatic rings. The average molecular weight is 397 g/mol. The highest BCUT2D eigenvalue weighted by Crippen LogP contribution is 2.36. The number of alkyl halides is 3. The first-order chi connectivity index (χ1) is 12.8. The Morgan fingerprint density at radius 2 is 1.93 bits per heavy atom. The number of ether oxygens (including phenoxy) is 1. The molecule has 2 aromatic carbocycles. The number of aliphatic hydroxyl groups is 1. The molecule has 0 aromatic heterocycles. The van der Waals surface area contributed by atoms with Crippen molar-refractivity contribution in [2.75, 3.05) is 13.2 Å². The van der Waals surface area contributed by atoms with Gasteiger partial charge in [-0.15, -0.1) is 11.8 Å². The quantitative estimate of drug-likeness (QED) is 0.786. The van der Waals surface area contributed by atoms with Crippen LogP contribution in [0, 0.1) is 0 Å². The third kappa shape index (κ3) is 5.17. The predicted molar refractivity (Wildman–Crippen MR) is 95.7 cm³/mol. The molecular formula is C19H18F3NO3S. The van der Waals surface area contributed by atoms with Gasteiger partial charge in [0.05, 0.1) is 10.8 Å². The fourth-order valence-electron chi connectivity index (χ4n) is 2.65. The number of thioether (sulfide) groups is 1. The van der Waals surface area contributed by atoms with E-state index in [0.717, 1.165) is 22.6 Å². The van der Waals surface area contributed by atoms with Crippen molar-refractivity contribution in [1.29, 1.82) is 0 Å². The molecular weight excluding hydrogens is 379 g/mol. The molecule has 0 aliphatic carbocycles. The molecule has 4 nitrogen and oxygen atoms in total. The highest BCUT2D eigenvalue weighted by atomic mass is 32.2. The summed E-state index contributed by atoms with van der Waals surface area (Å²) in [6, 6.07) is 12.0. The Balaban J connectivity index is 1.41. The van der Waals surface area contributed by atoms with Crippen molar-refractivity contribution in [1.82, 2.24) is 5.32 Å². The maximum atomic E-state index is 12.5. The maximum absolute atomic E-state index is 12.5. The van der Waals surface area contributed by atoms with Gasteiger partial charge in [0.1, 0.15) is 18.5 Å². The second-order valence-electron chi connectivity index (χ2n) is 6.15. The summed E-state index contributed by atoms with van der Waals surface area (Å²) in [6.45, 7) is -0.128. The molecule has 2 N–H and O–H groups in total. The largest absolute Gasteiger partial charge is 0.491 e. The number of halogens is 3. The molecule has 144 valence electrons. The lowest BCUT2D eigenvalue weighted by molar-refractivity contribution is -0.137. The van der Waals surface area contributed by atoms with Crippen molar-refractivity contribution < 1.29 is 27.8 Å². The predicted octanol–water partition coefficient (Wildman–Crippen LogP) is 3.28. The van der Waals surface area contributed by atoms with E-state index in [-0.39, 0.29) is 30.1 Å². The van der Waals surface area contributed by atoms with Crippen molar-refractivity contribution in [3.05, 3.63) is 59.7 Å². The molecule has 1 heterocycles. The minimum Gasteiger partial charge on any atom is -0.491 e. The van der Waals surface area contributed by atoms with Gasteiger partial charge in [-0.05, 0) is 42.3 Å². The Morgan fingerprint density at radius 1 is 1.22 bits per heavy atom. The SMILES string of the molecule is O=C(NCC(O)COc1ccc(C(F)(F)F)cc1)C1Cc2ccccc2S1. The summed E-state index contributed by atoms with van der Waals surface area (Å²) in [5.41, 5.74) is 0.367. The normalized spacial score (nSPS) is 17.3. The average Bonchev–Trinajstić information content (AvgIpc) is 3.08. The minimum atomic E-state index is -4.40. The van der Waals surface area contributed by atoms with Gasteiger partial charge in [-0.25, -0.2) is 0 Å². The highest BCUT2D eigenvalue weighted by Gasteiger charge is 2.30. The standard InChI is InChI=1S/C19H18F3NO3S/c20-19(21,22)13-5-7-15(8-6-13)26-11-14(24)10-23-18(25)17-9-12-3-1-2-4-16(12)27-17/h1-8,14,17,24H,9-11H2,(H,23,25). The van der Waals surface area contributed by atoms with E-state index in [1.54, 1.807) is 0 Å². The van der Waals surface area contributed by atoms with Crippen LogP contribution in [0.4, 0.5) is 13.2 Å². The van der Waals surface area contributed by atoms with Crippen LogP contribution in [0.2, 0.25) is 0 Å². The van der Waals surface area contributed by atoms with Gasteiger partial charge in [0.25, 0.3) is 0 Å². The van der Waals surface area contributed by atoms with Gasteiger partial charge in [-0.1, -0.05) is 18.2 Å². The van der Waals surface area contributed by atoms with Crippen LogP contribution < -0.4 is 10.1 Å². The molecule has 1 aliphatic heterocycles. The van der Waals surface area contributed by atoms with Gasteiger partial charge < -0.3 is 15.2 Å². The smallest absolute Gasteiger partial charge is 0.416 e. The van der Waals surface area contributed by atoms with Crippen molar-refractivity contribution in [3.63, 3.8) is 0 Å². The molecule has 27 heavy (non-hydrogen) atoms. The van der Waals surface area contributed by atoms with Gasteiger partial charge in [-0.2, -0.15) is 13.2 Å². The van der Waals surface area contributed by atoms with Gasteiger partial charge in [0.2, 0.25) is 5.91 Å². The number of rotatable bonds is 6. The van der Waals surface area contributed by atoms with E-state index in [1.807, 2.05) is 24.3 Å². The van der Waals surface area contributed by atoms with Gasteiger partial charge in [0.15, 0.2) is 0 Å². The van der Waals surface area contributed by atoms with Crippen LogP contribution >= 0.6 is 11.8 Å². The lowest BCUT2D eigenvalue weighted by Crippen LogP contribution is -2.39. The molecule has 0 fully saturated rings. The van der Waals surface area contributed by atoms with Crippen LogP contribution in [0.25, 0.3) is 0 Å². The molecule has 2 atom stereocenters. The van der Waals surface area contributed by atoms with Crippen LogP contribution in [-0.2, 0) is 17.4 Å². The van der Waals surface area contributed by atoms with Crippen LogP contribution in [-0.4, -0.2) is 35.5 Å². The topological polar surface area (TPSA) is 58.6 Å². The van der Waals surface area contributed by atoms with E-state index >= 15 is 0 Å². The fourth-order valence-corrected chi connectivity index (χ4v) is 3.87. The number of amides is 1. The summed E-state index contributed by atoms with van der Waals surface area (Å²) < 4.78 is 42.8. The highest BCUT2D eigenvalue weighted by molar-refractivity contribution is 8.01. The Labute approximate surface area is 158 Å². The van der Waals surface area contributed by atoms with Crippen molar-refractivity contribution in [2.24, 2.45) is 0 Å². The first-order valence-electron chi connectivity index (χ1n) is 8.33. The number of nitrogens with one attached hydrogen (secondary N) is 1. The molecule has 0 spiro atoms. The number of aliphatic hydroxyl groups excluding tert-OH is 1. The number of carbonyl (C=O) groups is 1. The fraction of sp³-hybridized carbons (Fsp3) is 0.316. The number of fused-ring (bicyclic) bond motifs is 1. The van der Waals surface area contributed by atoms with Crippen LogP contribution in [0.1, 0.15) is 11.1 Å². The van der Waals surface area contributed by atoms with E-state index in [1.165, 1.54) is 23.9 Å². The van der Waals surface area contributed by atoms with Crippen molar-refractivity contribution in [2.45, 2.75) is 28.8 Å². The number of hydrogen-bond acceptors (Lipinski definition) is 4. The molecule has 1 amide bonds. The van der Waals surface area contributed by atoms with Crippen LogP contribution in [0.3, 0.4) is 0 Å². The maximum Gasteiger partial charge on any atom is 0.416 e. The summed E-state index contributed by atoms with van der Waals surface area (Å²) in [7, 11) is 0. The van der Waals surface area contributed by atoms with Crippen LogP contribution in [0.5, 0.6) is 5.75 Å². The third-order valence-corrected chi connectivity index (χ3v) is 5.39. The lowest BCUT2D eigenvalue weighted by Gasteiger charge is -2.15. The summed E-state index contributed by atoms with van der Waals surface area (Å²) in [5.74, 6) is 0.0555. The van der Waals surface area contributed by atoms with E-state index in [2.05, 4.69) is 5.32 Å². The molecule has 8 heteroatoms. The number of carbonyl (C=O) groups excluding carboxylic acids is 1.